The fourth-order valence-corrected chi connectivity index (χ4v) is 1.95. The normalized spacial score (nSPS) is 15.5. The van der Waals surface area contributed by atoms with E-state index >= 15 is 0 Å². The average Bonchev–Trinajstić information content (AvgIpc) is 2.96. The zero-order chi connectivity index (χ0) is 14.7. The van der Waals surface area contributed by atoms with Crippen molar-refractivity contribution in [2.75, 3.05) is 30.0 Å². The summed E-state index contributed by atoms with van der Waals surface area (Å²) >= 11 is 0. The number of carbonyl (C=O) groups is 1. The Kier molecular flexibility index (Phi) is 3.55. The number of nitrogens with two attached hydrogens (primary N) is 1. The third kappa shape index (κ3) is 2.86. The third-order valence-electron chi connectivity index (χ3n) is 2.91. The number of nitrogens with zero attached hydrogens (tertiary/aromatic N) is 7. The second-order valence-corrected chi connectivity index (χ2v) is 4.37. The summed E-state index contributed by atoms with van der Waals surface area (Å²) in [6.45, 7) is 1.48. The second kappa shape index (κ2) is 5.66. The second-order valence-electron chi connectivity index (χ2n) is 4.37. The molecule has 0 spiro atoms. The predicted octanol–water partition coefficient (Wildman–Crippen LogP) is -1.94. The summed E-state index contributed by atoms with van der Waals surface area (Å²) in [5, 5.41) is 6.76. The van der Waals surface area contributed by atoms with Crippen LogP contribution in [0.1, 0.15) is 6.42 Å². The molecule has 1 amide bonds. The van der Waals surface area contributed by atoms with E-state index in [4.69, 9.17) is 5.84 Å². The molecule has 3 rings (SSSR count). The molecule has 2 aromatic heterocycles. The largest absolute Gasteiger partial charge is 0.354 e. The van der Waals surface area contributed by atoms with Gasteiger partial charge in [0, 0.05) is 13.1 Å². The fourth-order valence-electron chi connectivity index (χ4n) is 1.95. The smallest absolute Gasteiger partial charge is 0.258 e. The van der Waals surface area contributed by atoms with Crippen LogP contribution in [-0.2, 0) is 4.79 Å². The van der Waals surface area contributed by atoms with Gasteiger partial charge in [-0.05, 0) is 6.42 Å². The molecule has 0 bridgehead atoms. The molecular weight excluding hydrogens is 276 g/mol. The molecule has 1 saturated heterocycles. The first-order chi connectivity index (χ1) is 10.3. The maximum Gasteiger partial charge on any atom is 0.258 e. The Bertz CT molecular complexity index is 627. The number of nitrogens with one attached hydrogen (secondary N) is 2. The molecule has 0 saturated carbocycles. The van der Waals surface area contributed by atoms with Crippen molar-refractivity contribution in [2.24, 2.45) is 5.84 Å². The molecule has 0 radical (unpaired) electrons. The van der Waals surface area contributed by atoms with Crippen LogP contribution in [0.25, 0.3) is 5.95 Å². The van der Waals surface area contributed by atoms with Gasteiger partial charge in [-0.15, -0.1) is 0 Å². The molecule has 0 aromatic carbocycles. The minimum Gasteiger partial charge on any atom is -0.354 e. The molecule has 1 fully saturated rings. The highest BCUT2D eigenvalue weighted by Gasteiger charge is 2.19. The number of anilines is 2. The first-order valence-corrected chi connectivity index (χ1v) is 6.35. The summed E-state index contributed by atoms with van der Waals surface area (Å²) in [4.78, 5) is 29.9. The van der Waals surface area contributed by atoms with Crippen molar-refractivity contribution in [3.05, 3.63) is 12.7 Å². The van der Waals surface area contributed by atoms with Crippen LogP contribution in [-0.4, -0.2) is 55.3 Å². The summed E-state index contributed by atoms with van der Waals surface area (Å²) in [5.41, 5.74) is 2.38. The van der Waals surface area contributed by atoms with Crippen LogP contribution in [0.4, 0.5) is 11.9 Å². The van der Waals surface area contributed by atoms with Gasteiger partial charge in [0.05, 0.1) is 6.54 Å². The molecule has 11 heteroatoms. The number of hydrazine groups is 1. The van der Waals surface area contributed by atoms with Gasteiger partial charge in [-0.3, -0.25) is 10.2 Å². The Morgan fingerprint density at radius 1 is 1.29 bits per heavy atom. The van der Waals surface area contributed by atoms with Crippen LogP contribution in [0.3, 0.4) is 0 Å². The molecule has 2 aromatic rings. The van der Waals surface area contributed by atoms with E-state index < -0.39 is 0 Å². The third-order valence-corrected chi connectivity index (χ3v) is 2.91. The van der Waals surface area contributed by atoms with Crippen LogP contribution in [0, 0.1) is 0 Å². The molecule has 4 N–H and O–H groups in total. The fraction of sp³-hybridized carbons (Fsp3) is 0.400. The van der Waals surface area contributed by atoms with E-state index in [0.29, 0.717) is 19.0 Å². The Morgan fingerprint density at radius 2 is 2.14 bits per heavy atom. The lowest BCUT2D eigenvalue weighted by Gasteiger charge is -2.19. The molecule has 1 aliphatic heterocycles. The Balaban J connectivity index is 1.97. The zero-order valence-corrected chi connectivity index (χ0v) is 11.1. The van der Waals surface area contributed by atoms with Crippen molar-refractivity contribution in [3.63, 3.8) is 0 Å². The number of carbonyl (C=O) groups excluding carboxylic acids is 1. The van der Waals surface area contributed by atoms with E-state index in [1.54, 1.807) is 4.90 Å². The minimum absolute atomic E-state index is 0.0718. The van der Waals surface area contributed by atoms with Crippen LogP contribution in [0.15, 0.2) is 12.7 Å². The first kappa shape index (κ1) is 13.2. The van der Waals surface area contributed by atoms with E-state index in [1.165, 1.54) is 17.3 Å². The van der Waals surface area contributed by atoms with Crippen molar-refractivity contribution >= 4 is 17.8 Å². The van der Waals surface area contributed by atoms with Crippen LogP contribution < -0.4 is 21.5 Å². The van der Waals surface area contributed by atoms with Gasteiger partial charge < -0.3 is 10.2 Å². The van der Waals surface area contributed by atoms with Crippen LogP contribution in [0.2, 0.25) is 0 Å². The molecule has 21 heavy (non-hydrogen) atoms. The maximum absolute atomic E-state index is 11.6. The Hall–Kier alpha value is -2.82. The summed E-state index contributed by atoms with van der Waals surface area (Å²) in [6.07, 6.45) is 3.65. The topological polar surface area (TPSA) is 140 Å². The molecule has 0 unspecified atom stereocenters. The van der Waals surface area contributed by atoms with E-state index in [0.717, 1.165) is 6.42 Å². The Morgan fingerprint density at radius 3 is 2.90 bits per heavy atom. The van der Waals surface area contributed by atoms with Gasteiger partial charge in [0.2, 0.25) is 17.8 Å². The summed E-state index contributed by atoms with van der Waals surface area (Å²) < 4.78 is 1.39. The highest BCUT2D eigenvalue weighted by molar-refractivity contribution is 5.81. The van der Waals surface area contributed by atoms with Crippen LogP contribution in [0.5, 0.6) is 0 Å². The van der Waals surface area contributed by atoms with Crippen molar-refractivity contribution in [1.29, 1.82) is 0 Å². The predicted molar refractivity (Wildman–Crippen MR) is 72.4 cm³/mol. The first-order valence-electron chi connectivity index (χ1n) is 6.35. The molecule has 110 valence electrons. The van der Waals surface area contributed by atoms with Gasteiger partial charge in [-0.1, -0.05) is 0 Å². The maximum atomic E-state index is 11.6. The van der Waals surface area contributed by atoms with Gasteiger partial charge in [0.15, 0.2) is 0 Å². The monoisotopic (exact) mass is 290 g/mol. The van der Waals surface area contributed by atoms with E-state index in [9.17, 15) is 4.79 Å². The summed E-state index contributed by atoms with van der Waals surface area (Å²) in [5.74, 6) is 6.14. The molecule has 3 heterocycles. The van der Waals surface area contributed by atoms with Crippen molar-refractivity contribution in [1.82, 2.24) is 35.0 Å². The average molecular weight is 290 g/mol. The number of hydrogen-bond acceptors (Lipinski definition) is 9. The number of hydrogen-bond donors (Lipinski definition) is 3. The zero-order valence-electron chi connectivity index (χ0n) is 11.1. The van der Waals surface area contributed by atoms with Gasteiger partial charge >= 0.3 is 0 Å². The standard InChI is InChI=1S/C10H14N10O/c11-18-8-15-9(19-3-1-2-13-7(21)4-19)17-10(16-8)20-6-12-5-14-20/h5-6H,1-4,11H2,(H,13,21)(H,15,16,17,18). The summed E-state index contributed by atoms with van der Waals surface area (Å²) in [6, 6.07) is 0. The summed E-state index contributed by atoms with van der Waals surface area (Å²) in [7, 11) is 0. The number of amides is 1. The SMILES string of the molecule is NNc1nc(N2CCCNC(=O)C2)nc(-n2cncn2)n1. The van der Waals surface area contributed by atoms with Crippen molar-refractivity contribution in [2.45, 2.75) is 6.42 Å². The van der Waals surface area contributed by atoms with Crippen LogP contribution >= 0.6 is 0 Å². The van der Waals surface area contributed by atoms with Crippen molar-refractivity contribution < 1.29 is 4.79 Å². The van der Waals surface area contributed by atoms with E-state index in [1.807, 2.05) is 0 Å². The minimum atomic E-state index is -0.0718. The number of nitrogen functional groups attached to an aromatic ring is 1. The van der Waals surface area contributed by atoms with E-state index in [2.05, 4.69) is 35.8 Å². The van der Waals surface area contributed by atoms with Crippen molar-refractivity contribution in [3.8, 4) is 5.95 Å². The lowest BCUT2D eigenvalue weighted by molar-refractivity contribution is -0.119. The van der Waals surface area contributed by atoms with Gasteiger partial charge in [-0.2, -0.15) is 24.7 Å². The highest BCUT2D eigenvalue weighted by Crippen LogP contribution is 2.13. The van der Waals surface area contributed by atoms with E-state index in [-0.39, 0.29) is 24.3 Å². The molecule has 1 aliphatic rings. The molecule has 11 nitrogen and oxygen atoms in total. The molecule has 0 atom stereocenters. The highest BCUT2D eigenvalue weighted by atomic mass is 16.2. The van der Waals surface area contributed by atoms with Gasteiger partial charge in [0.1, 0.15) is 12.7 Å². The number of rotatable bonds is 3. The lowest BCUT2D eigenvalue weighted by atomic mass is 10.4. The van der Waals surface area contributed by atoms with Gasteiger partial charge in [-0.25, -0.2) is 10.8 Å². The number of aromatic nitrogens is 6. The quantitative estimate of drug-likeness (QED) is 0.435. The molecule has 0 aliphatic carbocycles. The Labute approximate surface area is 119 Å². The lowest BCUT2D eigenvalue weighted by Crippen LogP contribution is -2.34. The van der Waals surface area contributed by atoms with Gasteiger partial charge in [0.25, 0.3) is 5.95 Å². The molecular formula is C10H14N10O.